The molecule has 146 valence electrons. The molecule has 0 saturated carbocycles. The minimum atomic E-state index is -0.113. The Morgan fingerprint density at radius 2 is 1.83 bits per heavy atom. The fourth-order valence-electron chi connectivity index (χ4n) is 3.55. The Bertz CT molecular complexity index is 1370. The predicted molar refractivity (Wildman–Crippen MR) is 117 cm³/mol. The van der Waals surface area contributed by atoms with Crippen molar-refractivity contribution in [1.29, 1.82) is 0 Å². The van der Waals surface area contributed by atoms with Gasteiger partial charge in [-0.05, 0) is 48.9 Å². The Hall–Kier alpha value is -4.06. The summed E-state index contributed by atoms with van der Waals surface area (Å²) in [6, 6.07) is 21.2. The average molecular weight is 393 g/mol. The van der Waals surface area contributed by atoms with Crippen molar-refractivity contribution in [3.8, 4) is 5.69 Å². The third-order valence-electron chi connectivity index (χ3n) is 5.10. The van der Waals surface area contributed by atoms with Gasteiger partial charge in [0, 0.05) is 23.7 Å². The molecule has 6 nitrogen and oxygen atoms in total. The summed E-state index contributed by atoms with van der Waals surface area (Å²) in [4.78, 5) is 26.3. The van der Waals surface area contributed by atoms with Gasteiger partial charge in [-0.25, -0.2) is 9.97 Å². The lowest BCUT2D eigenvalue weighted by Crippen LogP contribution is -2.22. The zero-order valence-electron chi connectivity index (χ0n) is 16.4. The fraction of sp³-hybridized carbons (Fsp3) is 0.0833. The smallest absolute Gasteiger partial charge is 0.251 e. The summed E-state index contributed by atoms with van der Waals surface area (Å²) in [5.74, 6) is -0.113. The van der Waals surface area contributed by atoms with Crippen molar-refractivity contribution in [2.45, 2.75) is 13.5 Å². The molecule has 30 heavy (non-hydrogen) atoms. The molecule has 2 aromatic carbocycles. The number of rotatable bonds is 4. The second kappa shape index (κ2) is 7.40. The van der Waals surface area contributed by atoms with Crippen LogP contribution in [0.3, 0.4) is 0 Å². The minimum absolute atomic E-state index is 0.113. The molecule has 0 saturated heterocycles. The van der Waals surface area contributed by atoms with Crippen LogP contribution in [0.2, 0.25) is 0 Å². The number of fused-ring (bicyclic) bond motifs is 2. The van der Waals surface area contributed by atoms with Gasteiger partial charge in [0.15, 0.2) is 5.65 Å². The normalized spacial score (nSPS) is 11.1. The first-order chi connectivity index (χ1) is 14.7. The van der Waals surface area contributed by atoms with Gasteiger partial charge in [-0.3, -0.25) is 14.3 Å². The van der Waals surface area contributed by atoms with Crippen LogP contribution >= 0.6 is 0 Å². The van der Waals surface area contributed by atoms with E-state index in [4.69, 9.17) is 4.98 Å². The van der Waals surface area contributed by atoms with Crippen LogP contribution in [0.15, 0.2) is 79.3 Å². The first-order valence-electron chi connectivity index (χ1n) is 9.71. The molecule has 0 aliphatic carbocycles. The molecule has 0 fully saturated rings. The largest absolute Gasteiger partial charge is 0.348 e. The molecule has 3 aromatic heterocycles. The Kier molecular flexibility index (Phi) is 4.44. The molecule has 0 unspecified atom stereocenters. The first kappa shape index (κ1) is 18.0. The summed E-state index contributed by atoms with van der Waals surface area (Å²) in [7, 11) is 0. The molecule has 0 aliphatic heterocycles. The number of hydrogen-bond acceptors (Lipinski definition) is 4. The maximum Gasteiger partial charge on any atom is 0.251 e. The number of hydrogen-bond donors (Lipinski definition) is 1. The first-order valence-corrected chi connectivity index (χ1v) is 9.71. The number of pyridine rings is 2. The van der Waals surface area contributed by atoms with E-state index in [0.29, 0.717) is 12.1 Å². The monoisotopic (exact) mass is 393 g/mol. The Labute approximate surface area is 173 Å². The quantitative estimate of drug-likeness (QED) is 0.496. The highest BCUT2D eigenvalue weighted by Crippen LogP contribution is 2.23. The van der Waals surface area contributed by atoms with E-state index in [1.165, 1.54) is 0 Å². The van der Waals surface area contributed by atoms with E-state index in [1.807, 2.05) is 78.2 Å². The van der Waals surface area contributed by atoms with Gasteiger partial charge in [0.05, 0.1) is 16.9 Å². The molecule has 1 N–H and O–H groups in total. The molecule has 3 heterocycles. The van der Waals surface area contributed by atoms with Gasteiger partial charge in [-0.1, -0.05) is 30.3 Å². The standard InChI is InChI=1S/C24H19N5O/c1-16-22(29-15-27-21-8-5-11-25-23(21)29)13-19-12-18(9-10-20(19)28-16)24(30)26-14-17-6-3-2-4-7-17/h2-13,15H,14H2,1H3,(H,26,30). The second-order valence-electron chi connectivity index (χ2n) is 7.13. The van der Waals surface area contributed by atoms with Crippen LogP contribution in [0, 0.1) is 6.92 Å². The topological polar surface area (TPSA) is 72.7 Å². The lowest BCUT2D eigenvalue weighted by molar-refractivity contribution is 0.0951. The predicted octanol–water partition coefficient (Wildman–Crippen LogP) is 4.21. The van der Waals surface area contributed by atoms with Crippen LogP contribution in [0.25, 0.3) is 27.8 Å². The molecule has 0 aliphatic rings. The molecule has 0 atom stereocenters. The third kappa shape index (κ3) is 3.28. The van der Waals surface area contributed by atoms with E-state index in [2.05, 4.69) is 15.3 Å². The fourth-order valence-corrected chi connectivity index (χ4v) is 3.55. The lowest BCUT2D eigenvalue weighted by atomic mass is 10.1. The van der Waals surface area contributed by atoms with Gasteiger partial charge in [-0.15, -0.1) is 0 Å². The summed E-state index contributed by atoms with van der Waals surface area (Å²) in [6.07, 6.45) is 3.50. The number of aryl methyl sites for hydroxylation is 1. The molecular weight excluding hydrogens is 374 g/mol. The number of carbonyl (C=O) groups is 1. The van der Waals surface area contributed by atoms with E-state index >= 15 is 0 Å². The molecular formula is C24H19N5O. The van der Waals surface area contributed by atoms with Crippen molar-refractivity contribution in [2.75, 3.05) is 0 Å². The van der Waals surface area contributed by atoms with Crippen molar-refractivity contribution in [1.82, 2.24) is 24.8 Å². The van der Waals surface area contributed by atoms with Gasteiger partial charge < -0.3 is 5.32 Å². The maximum atomic E-state index is 12.7. The molecule has 5 aromatic rings. The van der Waals surface area contributed by atoms with Gasteiger partial charge in [0.25, 0.3) is 5.91 Å². The molecule has 0 radical (unpaired) electrons. The Morgan fingerprint density at radius 1 is 0.967 bits per heavy atom. The average Bonchev–Trinajstić information content (AvgIpc) is 3.21. The highest BCUT2D eigenvalue weighted by atomic mass is 16.1. The molecule has 1 amide bonds. The number of nitrogens with one attached hydrogen (secondary N) is 1. The van der Waals surface area contributed by atoms with Crippen molar-refractivity contribution in [3.05, 3.63) is 96.1 Å². The van der Waals surface area contributed by atoms with E-state index in [9.17, 15) is 4.79 Å². The van der Waals surface area contributed by atoms with Crippen molar-refractivity contribution < 1.29 is 4.79 Å². The van der Waals surface area contributed by atoms with Crippen LogP contribution in [0.1, 0.15) is 21.6 Å². The lowest BCUT2D eigenvalue weighted by Gasteiger charge is -2.10. The van der Waals surface area contributed by atoms with Gasteiger partial charge in [-0.2, -0.15) is 0 Å². The van der Waals surface area contributed by atoms with E-state index in [0.717, 1.165) is 39.0 Å². The van der Waals surface area contributed by atoms with E-state index in [-0.39, 0.29) is 5.91 Å². The Balaban J connectivity index is 1.49. The summed E-state index contributed by atoms with van der Waals surface area (Å²) >= 11 is 0. The van der Waals surface area contributed by atoms with Crippen molar-refractivity contribution in [2.24, 2.45) is 0 Å². The number of imidazole rings is 1. The minimum Gasteiger partial charge on any atom is -0.348 e. The van der Waals surface area contributed by atoms with Crippen molar-refractivity contribution in [3.63, 3.8) is 0 Å². The summed E-state index contributed by atoms with van der Waals surface area (Å²) in [6.45, 7) is 2.45. The maximum absolute atomic E-state index is 12.7. The summed E-state index contributed by atoms with van der Waals surface area (Å²) in [5.41, 5.74) is 5.87. The van der Waals surface area contributed by atoms with E-state index < -0.39 is 0 Å². The SMILES string of the molecule is Cc1nc2ccc(C(=O)NCc3ccccc3)cc2cc1-n1cnc2cccnc21. The number of aromatic nitrogens is 4. The van der Waals surface area contributed by atoms with Gasteiger partial charge in [0.2, 0.25) is 0 Å². The van der Waals surface area contributed by atoms with Crippen LogP contribution < -0.4 is 5.32 Å². The number of carbonyl (C=O) groups excluding carboxylic acids is 1. The molecule has 6 heteroatoms. The highest BCUT2D eigenvalue weighted by molar-refractivity contribution is 5.98. The zero-order chi connectivity index (χ0) is 20.5. The number of nitrogens with zero attached hydrogens (tertiary/aromatic N) is 4. The zero-order valence-corrected chi connectivity index (χ0v) is 16.4. The van der Waals surface area contributed by atoms with Crippen LogP contribution in [-0.4, -0.2) is 25.4 Å². The van der Waals surface area contributed by atoms with Crippen LogP contribution in [0.4, 0.5) is 0 Å². The molecule has 0 spiro atoms. The second-order valence-corrected chi connectivity index (χ2v) is 7.13. The molecule has 5 rings (SSSR count). The van der Waals surface area contributed by atoms with Crippen LogP contribution in [-0.2, 0) is 6.54 Å². The summed E-state index contributed by atoms with van der Waals surface area (Å²) < 4.78 is 1.93. The third-order valence-corrected chi connectivity index (χ3v) is 5.10. The van der Waals surface area contributed by atoms with Gasteiger partial charge in [0.1, 0.15) is 11.8 Å². The molecule has 0 bridgehead atoms. The van der Waals surface area contributed by atoms with Gasteiger partial charge >= 0.3 is 0 Å². The van der Waals surface area contributed by atoms with E-state index in [1.54, 1.807) is 12.5 Å². The highest BCUT2D eigenvalue weighted by Gasteiger charge is 2.12. The van der Waals surface area contributed by atoms with Crippen LogP contribution in [0.5, 0.6) is 0 Å². The van der Waals surface area contributed by atoms with Crippen molar-refractivity contribution >= 4 is 28.0 Å². The summed E-state index contributed by atoms with van der Waals surface area (Å²) in [5, 5.41) is 3.86. The Morgan fingerprint density at radius 3 is 2.70 bits per heavy atom. The number of benzene rings is 2. The number of amides is 1.